The fourth-order valence-corrected chi connectivity index (χ4v) is 1.76. The van der Waals surface area contributed by atoms with Crippen molar-refractivity contribution in [2.45, 2.75) is 25.6 Å². The van der Waals surface area contributed by atoms with Gasteiger partial charge in [-0.25, -0.2) is 0 Å². The second-order valence-electron chi connectivity index (χ2n) is 3.85. The molecule has 2 nitrogen and oxygen atoms in total. The number of allylic oxidation sites excluding steroid dienone is 1. The zero-order valence-electron chi connectivity index (χ0n) is 8.73. The maximum atomic E-state index is 9.54. The lowest BCUT2D eigenvalue weighted by atomic mass is 10.2. The van der Waals surface area contributed by atoms with Crippen LogP contribution in [0.2, 0.25) is 0 Å². The van der Waals surface area contributed by atoms with Gasteiger partial charge in [0.25, 0.3) is 0 Å². The second-order valence-corrected chi connectivity index (χ2v) is 3.85. The van der Waals surface area contributed by atoms with Gasteiger partial charge >= 0.3 is 0 Å². The summed E-state index contributed by atoms with van der Waals surface area (Å²) in [5.74, 6) is 0. The van der Waals surface area contributed by atoms with Gasteiger partial charge in [0.05, 0.1) is 19.3 Å². The highest BCUT2D eigenvalue weighted by molar-refractivity contribution is 5.15. The minimum atomic E-state index is -0.277. The Hall–Kier alpha value is -1.12. The molecule has 0 amide bonds. The Morgan fingerprint density at radius 1 is 1.20 bits per heavy atom. The molecular weight excluding hydrogens is 188 g/mol. The number of aliphatic hydroxyl groups excluding tert-OH is 1. The number of hydrogen-bond donors (Lipinski definition) is 1. The average Bonchev–Trinajstić information content (AvgIpc) is 2.66. The molecule has 15 heavy (non-hydrogen) atoms. The molecule has 0 saturated carbocycles. The molecule has 1 aliphatic rings. The van der Waals surface area contributed by atoms with Gasteiger partial charge in [0, 0.05) is 0 Å². The fourth-order valence-electron chi connectivity index (χ4n) is 1.76. The summed E-state index contributed by atoms with van der Waals surface area (Å²) in [4.78, 5) is 0. The van der Waals surface area contributed by atoms with E-state index in [1.165, 1.54) is 5.56 Å². The van der Waals surface area contributed by atoms with E-state index in [4.69, 9.17) is 4.74 Å². The van der Waals surface area contributed by atoms with Gasteiger partial charge in [-0.3, -0.25) is 0 Å². The number of aliphatic hydroxyl groups is 1. The molecule has 1 atom stereocenters. The number of rotatable bonds is 4. The highest BCUT2D eigenvalue weighted by Gasteiger charge is 2.15. The average molecular weight is 204 g/mol. The number of ether oxygens (including phenoxy) is 1. The summed E-state index contributed by atoms with van der Waals surface area (Å²) in [6.07, 6.45) is 3.63. The monoisotopic (exact) mass is 204 g/mol. The van der Waals surface area contributed by atoms with Gasteiger partial charge in [-0.15, -0.1) is 0 Å². The van der Waals surface area contributed by atoms with Gasteiger partial charge in [0.1, 0.15) is 0 Å². The van der Waals surface area contributed by atoms with Gasteiger partial charge in [-0.1, -0.05) is 36.4 Å². The van der Waals surface area contributed by atoms with E-state index in [9.17, 15) is 5.11 Å². The molecule has 0 fully saturated rings. The molecule has 1 aromatic carbocycles. The quantitative estimate of drug-likeness (QED) is 0.762. The van der Waals surface area contributed by atoms with E-state index < -0.39 is 0 Å². The first-order valence-corrected chi connectivity index (χ1v) is 5.35. The SMILES string of the molecule is O[C@@H]1CCC=C1COCc1ccccc1. The molecule has 0 unspecified atom stereocenters. The van der Waals surface area contributed by atoms with E-state index in [1.54, 1.807) is 0 Å². The van der Waals surface area contributed by atoms with E-state index in [2.05, 4.69) is 6.08 Å². The van der Waals surface area contributed by atoms with Gasteiger partial charge in [0.15, 0.2) is 0 Å². The summed E-state index contributed by atoms with van der Waals surface area (Å²) in [5.41, 5.74) is 2.21. The molecule has 1 aliphatic carbocycles. The molecule has 2 heteroatoms. The van der Waals surface area contributed by atoms with Crippen LogP contribution in [0, 0.1) is 0 Å². The van der Waals surface area contributed by atoms with Crippen molar-refractivity contribution in [2.75, 3.05) is 6.61 Å². The lowest BCUT2D eigenvalue weighted by Crippen LogP contribution is -2.10. The fraction of sp³-hybridized carbons (Fsp3) is 0.385. The normalized spacial score (nSPS) is 20.3. The molecule has 1 aromatic rings. The predicted molar refractivity (Wildman–Crippen MR) is 59.4 cm³/mol. The summed E-state index contributed by atoms with van der Waals surface area (Å²) in [6, 6.07) is 10.1. The molecule has 1 N–H and O–H groups in total. The van der Waals surface area contributed by atoms with Crippen LogP contribution in [-0.2, 0) is 11.3 Å². The van der Waals surface area contributed by atoms with Crippen LogP contribution in [0.3, 0.4) is 0 Å². The Morgan fingerprint density at radius 3 is 2.67 bits per heavy atom. The number of benzene rings is 1. The molecule has 0 bridgehead atoms. The third-order valence-corrected chi connectivity index (χ3v) is 2.65. The summed E-state index contributed by atoms with van der Waals surface area (Å²) in [5, 5.41) is 9.54. The van der Waals surface area contributed by atoms with Crippen LogP contribution < -0.4 is 0 Å². The van der Waals surface area contributed by atoms with Crippen LogP contribution in [-0.4, -0.2) is 17.8 Å². The van der Waals surface area contributed by atoms with Gasteiger partial charge in [0.2, 0.25) is 0 Å². The third kappa shape index (κ3) is 2.91. The topological polar surface area (TPSA) is 29.5 Å². The van der Waals surface area contributed by atoms with Crippen LogP contribution in [0.4, 0.5) is 0 Å². The molecule has 0 spiro atoms. The van der Waals surface area contributed by atoms with Crippen molar-refractivity contribution >= 4 is 0 Å². The van der Waals surface area contributed by atoms with E-state index >= 15 is 0 Å². The molecular formula is C13H16O2. The van der Waals surface area contributed by atoms with Gasteiger partial charge < -0.3 is 9.84 Å². The van der Waals surface area contributed by atoms with Crippen molar-refractivity contribution in [3.8, 4) is 0 Å². The van der Waals surface area contributed by atoms with E-state index in [0.717, 1.165) is 18.4 Å². The highest BCUT2D eigenvalue weighted by atomic mass is 16.5. The Labute approximate surface area is 90.2 Å². The van der Waals surface area contributed by atoms with Crippen molar-refractivity contribution in [1.82, 2.24) is 0 Å². The lowest BCUT2D eigenvalue weighted by Gasteiger charge is -2.09. The van der Waals surface area contributed by atoms with Crippen molar-refractivity contribution in [1.29, 1.82) is 0 Å². The Morgan fingerprint density at radius 2 is 2.00 bits per heavy atom. The lowest BCUT2D eigenvalue weighted by molar-refractivity contribution is 0.118. The van der Waals surface area contributed by atoms with E-state index in [1.807, 2.05) is 30.3 Å². The Kier molecular flexibility index (Phi) is 3.54. The summed E-state index contributed by atoms with van der Waals surface area (Å²) in [6.45, 7) is 1.17. The molecule has 0 aromatic heterocycles. The smallest absolute Gasteiger partial charge is 0.0775 e. The van der Waals surface area contributed by atoms with Crippen LogP contribution >= 0.6 is 0 Å². The first-order chi connectivity index (χ1) is 7.36. The largest absolute Gasteiger partial charge is 0.389 e. The standard InChI is InChI=1S/C13H16O2/c14-13-8-4-7-12(13)10-15-9-11-5-2-1-3-6-11/h1-3,5-7,13-14H,4,8-10H2/t13-/m1/s1. The van der Waals surface area contributed by atoms with Crippen LogP contribution in [0.5, 0.6) is 0 Å². The zero-order valence-corrected chi connectivity index (χ0v) is 8.73. The first kappa shape index (κ1) is 10.4. The molecule has 2 rings (SSSR count). The van der Waals surface area contributed by atoms with Crippen LogP contribution in [0.25, 0.3) is 0 Å². The molecule has 0 heterocycles. The van der Waals surface area contributed by atoms with Crippen LogP contribution in [0.15, 0.2) is 42.0 Å². The zero-order chi connectivity index (χ0) is 10.5. The Bertz CT molecular complexity index is 330. The van der Waals surface area contributed by atoms with Crippen molar-refractivity contribution in [2.24, 2.45) is 0 Å². The van der Waals surface area contributed by atoms with E-state index in [-0.39, 0.29) is 6.10 Å². The molecule has 80 valence electrons. The summed E-state index contributed by atoms with van der Waals surface area (Å²) < 4.78 is 5.55. The second kappa shape index (κ2) is 5.10. The molecule has 0 radical (unpaired) electrons. The summed E-state index contributed by atoms with van der Waals surface area (Å²) in [7, 11) is 0. The minimum Gasteiger partial charge on any atom is -0.389 e. The van der Waals surface area contributed by atoms with Crippen molar-refractivity contribution in [3.63, 3.8) is 0 Å². The maximum Gasteiger partial charge on any atom is 0.0775 e. The highest BCUT2D eigenvalue weighted by Crippen LogP contribution is 2.18. The van der Waals surface area contributed by atoms with E-state index in [0.29, 0.717) is 13.2 Å². The summed E-state index contributed by atoms with van der Waals surface area (Å²) >= 11 is 0. The number of hydrogen-bond acceptors (Lipinski definition) is 2. The first-order valence-electron chi connectivity index (χ1n) is 5.35. The predicted octanol–water partition coefficient (Wildman–Crippen LogP) is 2.28. The molecule has 0 aliphatic heterocycles. The van der Waals surface area contributed by atoms with Gasteiger partial charge in [-0.05, 0) is 24.0 Å². The van der Waals surface area contributed by atoms with Crippen LogP contribution in [0.1, 0.15) is 18.4 Å². The molecule has 0 saturated heterocycles. The third-order valence-electron chi connectivity index (χ3n) is 2.65. The minimum absolute atomic E-state index is 0.277. The van der Waals surface area contributed by atoms with Gasteiger partial charge in [-0.2, -0.15) is 0 Å². The Balaban J connectivity index is 1.76. The van der Waals surface area contributed by atoms with Crippen molar-refractivity contribution in [3.05, 3.63) is 47.5 Å². The van der Waals surface area contributed by atoms with Crippen molar-refractivity contribution < 1.29 is 9.84 Å². The maximum absolute atomic E-state index is 9.54.